The number of carbonyl (C=O) groups is 2. The number of aryl methyl sites for hydroxylation is 1. The number of carbonyl (C=O) groups excluding carboxylic acids is 2. The van der Waals surface area contributed by atoms with Crippen molar-refractivity contribution in [3.05, 3.63) is 71.3 Å². The van der Waals surface area contributed by atoms with Crippen LogP contribution in [0.15, 0.2) is 54.6 Å². The van der Waals surface area contributed by atoms with E-state index in [4.69, 9.17) is 0 Å². The fourth-order valence-electron chi connectivity index (χ4n) is 3.15. The van der Waals surface area contributed by atoms with Gasteiger partial charge in [0.15, 0.2) is 0 Å². The summed E-state index contributed by atoms with van der Waals surface area (Å²) in [7, 11) is 0. The lowest BCUT2D eigenvalue weighted by Gasteiger charge is -2.34. The van der Waals surface area contributed by atoms with Gasteiger partial charge in [0.2, 0.25) is 0 Å². The number of amides is 2. The maximum Gasteiger partial charge on any atom is 0.311 e. The first-order valence-corrected chi connectivity index (χ1v) is 9.01. The topological polar surface area (TPSA) is 52.7 Å². The highest BCUT2D eigenvalue weighted by atomic mass is 16.2. The zero-order valence-electron chi connectivity index (χ0n) is 15.1. The summed E-state index contributed by atoms with van der Waals surface area (Å²) in [6.07, 6.45) is 0. The number of benzene rings is 2. The number of hydrogen-bond acceptors (Lipinski definition) is 3. The maximum atomic E-state index is 12.4. The Morgan fingerprint density at radius 3 is 2.27 bits per heavy atom. The Balaban J connectivity index is 1.45. The van der Waals surface area contributed by atoms with Crippen LogP contribution in [0.3, 0.4) is 0 Å². The van der Waals surface area contributed by atoms with E-state index in [9.17, 15) is 9.59 Å². The van der Waals surface area contributed by atoms with Crippen LogP contribution in [0.5, 0.6) is 0 Å². The van der Waals surface area contributed by atoms with Crippen molar-refractivity contribution in [2.75, 3.05) is 26.2 Å². The summed E-state index contributed by atoms with van der Waals surface area (Å²) in [4.78, 5) is 28.5. The first-order chi connectivity index (χ1) is 12.6. The van der Waals surface area contributed by atoms with Crippen molar-refractivity contribution >= 4 is 11.8 Å². The van der Waals surface area contributed by atoms with Gasteiger partial charge in [-0.25, -0.2) is 0 Å². The highest BCUT2D eigenvalue weighted by Crippen LogP contribution is 2.09. The molecule has 1 N–H and O–H groups in total. The molecule has 2 aromatic carbocycles. The van der Waals surface area contributed by atoms with Crippen molar-refractivity contribution in [1.82, 2.24) is 15.1 Å². The molecule has 1 aliphatic rings. The van der Waals surface area contributed by atoms with Gasteiger partial charge in [0.25, 0.3) is 0 Å². The molecule has 26 heavy (non-hydrogen) atoms. The number of hydrogen-bond donors (Lipinski definition) is 1. The molecule has 0 unspecified atom stereocenters. The first-order valence-electron chi connectivity index (χ1n) is 9.01. The summed E-state index contributed by atoms with van der Waals surface area (Å²) >= 11 is 0. The van der Waals surface area contributed by atoms with Gasteiger partial charge in [-0.1, -0.05) is 54.6 Å². The van der Waals surface area contributed by atoms with E-state index in [1.165, 1.54) is 5.56 Å². The van der Waals surface area contributed by atoms with Crippen LogP contribution in [-0.4, -0.2) is 47.8 Å². The van der Waals surface area contributed by atoms with Crippen molar-refractivity contribution in [3.63, 3.8) is 0 Å². The van der Waals surface area contributed by atoms with E-state index < -0.39 is 11.8 Å². The minimum absolute atomic E-state index is 0.380. The molecule has 0 radical (unpaired) electrons. The first kappa shape index (κ1) is 18.1. The molecule has 1 saturated heterocycles. The normalized spacial score (nSPS) is 14.9. The van der Waals surface area contributed by atoms with Gasteiger partial charge in [-0.3, -0.25) is 14.5 Å². The molecule has 1 fully saturated rings. The fourth-order valence-corrected chi connectivity index (χ4v) is 3.15. The summed E-state index contributed by atoms with van der Waals surface area (Å²) in [6, 6.07) is 18.1. The van der Waals surface area contributed by atoms with E-state index in [0.717, 1.165) is 30.8 Å². The van der Waals surface area contributed by atoms with Gasteiger partial charge in [-0.05, 0) is 23.6 Å². The molecule has 0 saturated carbocycles. The zero-order chi connectivity index (χ0) is 18.4. The number of rotatable bonds is 4. The van der Waals surface area contributed by atoms with Gasteiger partial charge in [-0.2, -0.15) is 0 Å². The average molecular weight is 351 g/mol. The molecule has 1 aliphatic heterocycles. The predicted octanol–water partition coefficient (Wildman–Crippen LogP) is 1.96. The third kappa shape index (κ3) is 4.70. The summed E-state index contributed by atoms with van der Waals surface area (Å²) in [5, 5.41) is 2.74. The fraction of sp³-hybridized carbons (Fsp3) is 0.333. The molecule has 2 aromatic rings. The van der Waals surface area contributed by atoms with Crippen molar-refractivity contribution in [1.29, 1.82) is 0 Å². The van der Waals surface area contributed by atoms with E-state index in [-0.39, 0.29) is 0 Å². The lowest BCUT2D eigenvalue weighted by Crippen LogP contribution is -2.52. The van der Waals surface area contributed by atoms with E-state index in [2.05, 4.69) is 22.3 Å². The van der Waals surface area contributed by atoms with Gasteiger partial charge in [0.1, 0.15) is 0 Å². The zero-order valence-corrected chi connectivity index (χ0v) is 15.1. The Morgan fingerprint density at radius 1 is 0.923 bits per heavy atom. The molecule has 0 aliphatic carbocycles. The molecule has 0 atom stereocenters. The lowest BCUT2D eigenvalue weighted by atomic mass is 10.1. The van der Waals surface area contributed by atoms with Crippen LogP contribution in [-0.2, 0) is 22.7 Å². The van der Waals surface area contributed by atoms with Crippen molar-refractivity contribution < 1.29 is 9.59 Å². The molecule has 0 spiro atoms. The molecule has 1 heterocycles. The number of nitrogens with zero attached hydrogens (tertiary/aromatic N) is 2. The van der Waals surface area contributed by atoms with Crippen molar-refractivity contribution in [2.24, 2.45) is 0 Å². The molecule has 5 heteroatoms. The van der Waals surface area contributed by atoms with Crippen LogP contribution in [0.4, 0.5) is 0 Å². The highest BCUT2D eigenvalue weighted by Gasteiger charge is 2.25. The second-order valence-electron chi connectivity index (χ2n) is 6.66. The predicted molar refractivity (Wildman–Crippen MR) is 101 cm³/mol. The molecule has 5 nitrogen and oxygen atoms in total. The molecule has 0 aromatic heterocycles. The Kier molecular flexibility index (Phi) is 6.02. The largest absolute Gasteiger partial charge is 0.344 e. The van der Waals surface area contributed by atoms with Gasteiger partial charge in [-0.15, -0.1) is 0 Å². The summed E-state index contributed by atoms with van der Waals surface area (Å²) in [6.45, 7) is 5.99. The van der Waals surface area contributed by atoms with Crippen LogP contribution in [0.25, 0.3) is 0 Å². The third-order valence-corrected chi connectivity index (χ3v) is 4.80. The van der Waals surface area contributed by atoms with Crippen LogP contribution in [0.1, 0.15) is 16.7 Å². The van der Waals surface area contributed by atoms with Crippen molar-refractivity contribution in [2.45, 2.75) is 20.0 Å². The Hall–Kier alpha value is -2.66. The van der Waals surface area contributed by atoms with Crippen LogP contribution >= 0.6 is 0 Å². The smallest absolute Gasteiger partial charge is 0.311 e. The van der Waals surface area contributed by atoms with Gasteiger partial charge < -0.3 is 10.2 Å². The van der Waals surface area contributed by atoms with Gasteiger partial charge in [0, 0.05) is 39.3 Å². The van der Waals surface area contributed by atoms with Crippen LogP contribution in [0.2, 0.25) is 0 Å². The maximum absolute atomic E-state index is 12.4. The Morgan fingerprint density at radius 2 is 1.58 bits per heavy atom. The molecule has 3 rings (SSSR count). The van der Waals surface area contributed by atoms with E-state index in [1.54, 1.807) is 4.90 Å². The average Bonchev–Trinajstić information content (AvgIpc) is 2.68. The van der Waals surface area contributed by atoms with Crippen molar-refractivity contribution in [3.8, 4) is 0 Å². The van der Waals surface area contributed by atoms with E-state index in [0.29, 0.717) is 19.6 Å². The van der Waals surface area contributed by atoms with Crippen LogP contribution in [0, 0.1) is 6.92 Å². The molecule has 136 valence electrons. The Bertz CT molecular complexity index is 753. The number of piperazine rings is 1. The summed E-state index contributed by atoms with van der Waals surface area (Å²) in [5.41, 5.74) is 3.40. The highest BCUT2D eigenvalue weighted by molar-refractivity contribution is 6.35. The quantitative estimate of drug-likeness (QED) is 0.857. The minimum atomic E-state index is -0.523. The Labute approximate surface area is 154 Å². The van der Waals surface area contributed by atoms with Gasteiger partial charge >= 0.3 is 11.8 Å². The number of nitrogens with one attached hydrogen (secondary N) is 1. The second kappa shape index (κ2) is 8.63. The van der Waals surface area contributed by atoms with Gasteiger partial charge in [0.05, 0.1) is 0 Å². The van der Waals surface area contributed by atoms with Crippen LogP contribution < -0.4 is 5.32 Å². The second-order valence-corrected chi connectivity index (χ2v) is 6.66. The molecular weight excluding hydrogens is 326 g/mol. The van der Waals surface area contributed by atoms with E-state index >= 15 is 0 Å². The molecule has 0 bridgehead atoms. The molecular formula is C21H25N3O2. The lowest BCUT2D eigenvalue weighted by molar-refractivity contribution is -0.147. The third-order valence-electron chi connectivity index (χ3n) is 4.80. The summed E-state index contributed by atoms with van der Waals surface area (Å²) in [5.74, 6) is -0.956. The SMILES string of the molecule is Cc1ccccc1CNC(=O)C(=O)N1CCN(Cc2ccccc2)CC1. The monoisotopic (exact) mass is 351 g/mol. The standard InChI is InChI=1S/C21H25N3O2/c1-17-7-5-6-10-19(17)15-22-20(25)21(26)24-13-11-23(12-14-24)16-18-8-3-2-4-9-18/h2-10H,11-16H2,1H3,(H,22,25). The molecule has 2 amide bonds. The van der Waals surface area contributed by atoms with E-state index in [1.807, 2.05) is 49.4 Å². The summed E-state index contributed by atoms with van der Waals surface area (Å²) < 4.78 is 0. The minimum Gasteiger partial charge on any atom is -0.344 e.